The average molecular weight is 312 g/mol. The van der Waals surface area contributed by atoms with E-state index < -0.39 is 12.8 Å². The number of pyridine rings is 1. The van der Waals surface area contributed by atoms with E-state index in [9.17, 15) is 13.2 Å². The Kier molecular flexibility index (Phi) is 3.37. The van der Waals surface area contributed by atoms with Crippen LogP contribution in [0.2, 0.25) is 5.02 Å². The SMILES string of the molecule is FC(F)(F)COc1ccc2cc3ccccc3nc2c1Cl. The molecule has 0 bridgehead atoms. The summed E-state index contributed by atoms with van der Waals surface area (Å²) in [6.07, 6.45) is -4.41. The zero-order chi connectivity index (χ0) is 15.0. The van der Waals surface area contributed by atoms with Crippen molar-refractivity contribution in [2.24, 2.45) is 0 Å². The molecule has 0 saturated heterocycles. The highest BCUT2D eigenvalue weighted by molar-refractivity contribution is 6.36. The molecule has 0 fully saturated rings. The Morgan fingerprint density at radius 3 is 2.57 bits per heavy atom. The molecule has 1 heterocycles. The van der Waals surface area contributed by atoms with Crippen LogP contribution in [0.1, 0.15) is 0 Å². The van der Waals surface area contributed by atoms with Crippen molar-refractivity contribution in [2.75, 3.05) is 6.61 Å². The summed E-state index contributed by atoms with van der Waals surface area (Å²) in [7, 11) is 0. The van der Waals surface area contributed by atoms with E-state index in [1.807, 2.05) is 30.3 Å². The van der Waals surface area contributed by atoms with Crippen LogP contribution >= 0.6 is 11.6 Å². The lowest BCUT2D eigenvalue weighted by Crippen LogP contribution is -2.19. The van der Waals surface area contributed by atoms with Gasteiger partial charge in [0.05, 0.1) is 11.0 Å². The molecule has 0 N–H and O–H groups in total. The number of ether oxygens (including phenoxy) is 1. The Balaban J connectivity index is 2.09. The van der Waals surface area contributed by atoms with Crippen LogP contribution in [-0.4, -0.2) is 17.8 Å². The third-order valence-electron chi connectivity index (χ3n) is 2.98. The first-order valence-corrected chi connectivity index (χ1v) is 6.49. The highest BCUT2D eigenvalue weighted by Gasteiger charge is 2.29. The second-order valence-corrected chi connectivity index (χ2v) is 4.91. The molecule has 1 aromatic heterocycles. The molecule has 0 amide bonds. The van der Waals surface area contributed by atoms with Crippen molar-refractivity contribution in [1.82, 2.24) is 4.98 Å². The molecule has 6 heteroatoms. The zero-order valence-electron chi connectivity index (χ0n) is 10.6. The number of halogens is 4. The zero-order valence-corrected chi connectivity index (χ0v) is 11.4. The quantitative estimate of drug-likeness (QED) is 0.622. The number of hydrogen-bond acceptors (Lipinski definition) is 2. The van der Waals surface area contributed by atoms with E-state index in [2.05, 4.69) is 4.98 Å². The summed E-state index contributed by atoms with van der Waals surface area (Å²) in [4.78, 5) is 4.39. The maximum atomic E-state index is 12.2. The largest absolute Gasteiger partial charge is 0.482 e. The van der Waals surface area contributed by atoms with Gasteiger partial charge in [0.2, 0.25) is 0 Å². The molecule has 0 aliphatic heterocycles. The normalized spacial score (nSPS) is 12.0. The molecule has 0 saturated carbocycles. The number of nitrogens with zero attached hydrogens (tertiary/aromatic N) is 1. The summed E-state index contributed by atoms with van der Waals surface area (Å²) in [6.45, 7) is -1.38. The van der Waals surface area contributed by atoms with Crippen molar-refractivity contribution in [3.05, 3.63) is 47.5 Å². The molecule has 2 aromatic carbocycles. The van der Waals surface area contributed by atoms with Crippen LogP contribution in [-0.2, 0) is 0 Å². The van der Waals surface area contributed by atoms with E-state index in [0.29, 0.717) is 5.52 Å². The highest BCUT2D eigenvalue weighted by atomic mass is 35.5. The third kappa shape index (κ3) is 2.88. The molecule has 0 unspecified atom stereocenters. The Hall–Kier alpha value is -2.01. The van der Waals surface area contributed by atoms with Gasteiger partial charge in [0, 0.05) is 10.8 Å². The second-order valence-electron chi connectivity index (χ2n) is 4.53. The maximum Gasteiger partial charge on any atom is 0.422 e. The van der Waals surface area contributed by atoms with Crippen LogP contribution in [0.3, 0.4) is 0 Å². The van der Waals surface area contributed by atoms with Gasteiger partial charge in [-0.3, -0.25) is 0 Å². The number of para-hydroxylation sites is 1. The van der Waals surface area contributed by atoms with Crippen LogP contribution in [0.4, 0.5) is 13.2 Å². The van der Waals surface area contributed by atoms with Crippen molar-refractivity contribution in [3.8, 4) is 5.75 Å². The summed E-state index contributed by atoms with van der Waals surface area (Å²) in [5.41, 5.74) is 1.15. The highest BCUT2D eigenvalue weighted by Crippen LogP contribution is 2.34. The van der Waals surface area contributed by atoms with E-state index in [1.54, 1.807) is 6.07 Å². The number of benzene rings is 2. The lowest BCUT2D eigenvalue weighted by Gasteiger charge is -2.12. The van der Waals surface area contributed by atoms with Crippen LogP contribution < -0.4 is 4.74 Å². The monoisotopic (exact) mass is 311 g/mol. The summed E-state index contributed by atoms with van der Waals surface area (Å²) < 4.78 is 41.4. The van der Waals surface area contributed by atoms with Crippen molar-refractivity contribution in [1.29, 1.82) is 0 Å². The summed E-state index contributed by atoms with van der Waals surface area (Å²) in [5, 5.41) is 1.77. The van der Waals surface area contributed by atoms with Gasteiger partial charge in [-0.15, -0.1) is 0 Å². The first-order valence-electron chi connectivity index (χ1n) is 6.11. The number of aromatic nitrogens is 1. The fourth-order valence-electron chi connectivity index (χ4n) is 2.06. The van der Waals surface area contributed by atoms with Crippen LogP contribution in [0, 0.1) is 0 Å². The summed E-state index contributed by atoms with van der Waals surface area (Å²) in [5.74, 6) is -0.0238. The van der Waals surface area contributed by atoms with Gasteiger partial charge in [0.15, 0.2) is 6.61 Å². The van der Waals surface area contributed by atoms with Crippen molar-refractivity contribution in [2.45, 2.75) is 6.18 Å². The lowest BCUT2D eigenvalue weighted by atomic mass is 10.1. The molecule has 0 aliphatic carbocycles. The molecular formula is C15H9ClF3NO. The summed E-state index contributed by atoms with van der Waals surface area (Å²) >= 11 is 6.12. The van der Waals surface area contributed by atoms with Gasteiger partial charge in [0.25, 0.3) is 0 Å². The van der Waals surface area contributed by atoms with Crippen LogP contribution in [0.25, 0.3) is 21.8 Å². The topological polar surface area (TPSA) is 22.1 Å². The van der Waals surface area contributed by atoms with Gasteiger partial charge < -0.3 is 4.74 Å². The lowest BCUT2D eigenvalue weighted by molar-refractivity contribution is -0.153. The molecule has 0 atom stereocenters. The number of alkyl halides is 3. The maximum absolute atomic E-state index is 12.2. The molecule has 3 rings (SSSR count). The Bertz CT molecular complexity index is 817. The number of rotatable bonds is 2. The molecule has 0 spiro atoms. The van der Waals surface area contributed by atoms with Gasteiger partial charge in [-0.05, 0) is 24.3 Å². The molecule has 21 heavy (non-hydrogen) atoms. The minimum atomic E-state index is -4.41. The first kappa shape index (κ1) is 13.9. The smallest absolute Gasteiger partial charge is 0.422 e. The average Bonchev–Trinajstić information content (AvgIpc) is 2.44. The minimum Gasteiger partial charge on any atom is -0.482 e. The molecular weight excluding hydrogens is 303 g/mol. The Morgan fingerprint density at radius 1 is 1.05 bits per heavy atom. The molecule has 0 aliphatic rings. The molecule has 108 valence electrons. The van der Waals surface area contributed by atoms with Gasteiger partial charge in [-0.1, -0.05) is 29.8 Å². The van der Waals surface area contributed by atoms with Crippen LogP contribution in [0.15, 0.2) is 42.5 Å². The van der Waals surface area contributed by atoms with Crippen LogP contribution in [0.5, 0.6) is 5.75 Å². The molecule has 3 aromatic rings. The van der Waals surface area contributed by atoms with E-state index >= 15 is 0 Å². The summed E-state index contributed by atoms with van der Waals surface area (Å²) in [6, 6.07) is 12.4. The number of hydrogen-bond donors (Lipinski definition) is 0. The predicted molar refractivity (Wildman–Crippen MR) is 75.8 cm³/mol. The van der Waals surface area contributed by atoms with E-state index in [4.69, 9.17) is 16.3 Å². The van der Waals surface area contributed by atoms with E-state index in [1.165, 1.54) is 6.07 Å². The molecule has 0 radical (unpaired) electrons. The van der Waals surface area contributed by atoms with Crippen molar-refractivity contribution in [3.63, 3.8) is 0 Å². The van der Waals surface area contributed by atoms with Gasteiger partial charge >= 0.3 is 6.18 Å². The third-order valence-corrected chi connectivity index (χ3v) is 3.35. The van der Waals surface area contributed by atoms with Gasteiger partial charge in [-0.2, -0.15) is 13.2 Å². The molecule has 2 nitrogen and oxygen atoms in total. The fourth-order valence-corrected chi connectivity index (χ4v) is 2.33. The second kappa shape index (κ2) is 5.07. The van der Waals surface area contributed by atoms with Gasteiger partial charge in [-0.25, -0.2) is 4.98 Å². The first-order chi connectivity index (χ1) is 9.94. The van der Waals surface area contributed by atoms with Crippen molar-refractivity contribution >= 4 is 33.4 Å². The Morgan fingerprint density at radius 2 is 1.81 bits per heavy atom. The van der Waals surface area contributed by atoms with E-state index in [-0.39, 0.29) is 10.8 Å². The fraction of sp³-hybridized carbons (Fsp3) is 0.133. The standard InChI is InChI=1S/C15H9ClF3NO/c16-13-12(21-8-15(17,18)19)6-5-10-7-9-3-1-2-4-11(9)20-14(10)13/h1-7H,8H2. The predicted octanol–water partition coefficient (Wildman–Crippen LogP) is 4.98. The van der Waals surface area contributed by atoms with Gasteiger partial charge in [0.1, 0.15) is 10.8 Å². The minimum absolute atomic E-state index is 0.0238. The van der Waals surface area contributed by atoms with E-state index in [0.717, 1.165) is 16.3 Å². The van der Waals surface area contributed by atoms with Crippen molar-refractivity contribution < 1.29 is 17.9 Å². The Labute approximate surface area is 123 Å². The number of fused-ring (bicyclic) bond motifs is 2.